The number of ether oxygens (including phenoxy) is 2. The fourth-order valence-electron chi connectivity index (χ4n) is 2.41. The van der Waals surface area contributed by atoms with Crippen LogP contribution in [0.2, 0.25) is 0 Å². The smallest absolute Gasteiger partial charge is 0.354 e. The minimum absolute atomic E-state index is 0.0730. The van der Waals surface area contributed by atoms with Crippen molar-refractivity contribution in [2.24, 2.45) is 0 Å². The number of hydrogen-bond acceptors (Lipinski definition) is 5. The molecule has 1 N–H and O–H groups in total. The van der Waals surface area contributed by atoms with Crippen LogP contribution < -0.4 is 10.1 Å². The van der Waals surface area contributed by atoms with Crippen LogP contribution in [-0.4, -0.2) is 50.1 Å². The molecule has 2 aromatic carbocycles. The second-order valence-electron chi connectivity index (χ2n) is 7.05. The van der Waals surface area contributed by atoms with E-state index >= 15 is 0 Å². The molecule has 0 saturated heterocycles. The predicted molar refractivity (Wildman–Crippen MR) is 114 cm³/mol. The Hall–Kier alpha value is -3.12. The Balaban J connectivity index is 2.19. The van der Waals surface area contributed by atoms with Gasteiger partial charge in [0.15, 0.2) is 0 Å². The van der Waals surface area contributed by atoms with Crippen molar-refractivity contribution in [1.29, 1.82) is 0 Å². The van der Waals surface area contributed by atoms with Crippen LogP contribution in [0.4, 0.5) is 0 Å². The molecule has 0 saturated carbocycles. The van der Waals surface area contributed by atoms with Crippen LogP contribution in [0.25, 0.3) is 6.08 Å². The maximum Gasteiger partial charge on any atom is 0.354 e. The molecule has 0 atom stereocenters. The number of nitrogens with one attached hydrogen (secondary N) is 1. The highest BCUT2D eigenvalue weighted by Crippen LogP contribution is 2.16. The zero-order chi connectivity index (χ0) is 21.2. The van der Waals surface area contributed by atoms with Crippen LogP contribution in [0.5, 0.6) is 5.75 Å². The van der Waals surface area contributed by atoms with E-state index in [4.69, 9.17) is 9.47 Å². The highest BCUT2D eigenvalue weighted by atomic mass is 16.5. The summed E-state index contributed by atoms with van der Waals surface area (Å²) in [6.07, 6.45) is 1.67. The quantitative estimate of drug-likeness (QED) is 0.520. The van der Waals surface area contributed by atoms with Gasteiger partial charge in [0, 0.05) is 12.1 Å². The molecule has 6 heteroatoms. The van der Waals surface area contributed by atoms with Gasteiger partial charge >= 0.3 is 5.97 Å². The van der Waals surface area contributed by atoms with Gasteiger partial charge in [0.25, 0.3) is 5.91 Å². The van der Waals surface area contributed by atoms with Crippen molar-refractivity contribution in [2.75, 3.05) is 27.2 Å². The summed E-state index contributed by atoms with van der Waals surface area (Å²) in [5.41, 5.74) is 1.28. The molecule has 0 radical (unpaired) electrons. The first-order valence-electron chi connectivity index (χ1n) is 9.52. The molecule has 0 bridgehead atoms. The van der Waals surface area contributed by atoms with E-state index in [0.29, 0.717) is 12.1 Å². The molecule has 29 heavy (non-hydrogen) atoms. The minimum atomic E-state index is -0.585. The third kappa shape index (κ3) is 7.79. The lowest BCUT2D eigenvalue weighted by Crippen LogP contribution is -2.30. The molecule has 0 fully saturated rings. The number of hydrogen-bond donors (Lipinski definition) is 1. The van der Waals surface area contributed by atoms with Crippen LogP contribution in [0, 0.1) is 0 Å². The standard InChI is InChI=1S/C23H28N2O4/c1-17(2)29-20-12-10-18(11-13-20)16-21(23(27)28-15-14-25(3)4)24-22(26)19-8-6-5-7-9-19/h5-13,16-17H,14-15H2,1-4H3,(H,24,26)/b21-16+. The summed E-state index contributed by atoms with van der Waals surface area (Å²) in [6.45, 7) is 4.72. The van der Waals surface area contributed by atoms with E-state index in [0.717, 1.165) is 11.3 Å². The predicted octanol–water partition coefficient (Wildman–Crippen LogP) is 3.35. The molecule has 154 valence electrons. The molecule has 0 aliphatic rings. The summed E-state index contributed by atoms with van der Waals surface area (Å²) in [5, 5.41) is 2.67. The number of esters is 1. The van der Waals surface area contributed by atoms with Gasteiger partial charge in [-0.3, -0.25) is 4.79 Å². The minimum Gasteiger partial charge on any atom is -0.491 e. The van der Waals surface area contributed by atoms with Gasteiger partial charge in [-0.2, -0.15) is 0 Å². The molecule has 2 aromatic rings. The van der Waals surface area contributed by atoms with Gasteiger partial charge < -0.3 is 19.7 Å². The number of rotatable bonds is 9. The Kier molecular flexibility index (Phi) is 8.43. The second-order valence-corrected chi connectivity index (χ2v) is 7.05. The van der Waals surface area contributed by atoms with Crippen molar-refractivity contribution in [3.8, 4) is 5.75 Å². The lowest BCUT2D eigenvalue weighted by atomic mass is 10.1. The van der Waals surface area contributed by atoms with E-state index in [1.807, 2.05) is 63.2 Å². The fourth-order valence-corrected chi connectivity index (χ4v) is 2.41. The summed E-state index contributed by atoms with van der Waals surface area (Å²) >= 11 is 0. The Morgan fingerprint density at radius 3 is 2.28 bits per heavy atom. The molecule has 0 aromatic heterocycles. The molecule has 0 unspecified atom stereocenters. The van der Waals surface area contributed by atoms with Crippen LogP contribution in [-0.2, 0) is 9.53 Å². The Labute approximate surface area is 172 Å². The third-order valence-corrected chi connectivity index (χ3v) is 3.84. The fraction of sp³-hybridized carbons (Fsp3) is 0.304. The van der Waals surface area contributed by atoms with Gasteiger partial charge in [0.2, 0.25) is 0 Å². The summed E-state index contributed by atoms with van der Waals surface area (Å²) < 4.78 is 10.9. The van der Waals surface area contributed by atoms with E-state index in [9.17, 15) is 9.59 Å². The number of benzene rings is 2. The Bertz CT molecular complexity index is 828. The molecule has 2 rings (SSSR count). The van der Waals surface area contributed by atoms with Crippen LogP contribution in [0.3, 0.4) is 0 Å². The van der Waals surface area contributed by atoms with Crippen molar-refractivity contribution in [2.45, 2.75) is 20.0 Å². The maximum absolute atomic E-state index is 12.6. The van der Waals surface area contributed by atoms with Gasteiger partial charge in [-0.1, -0.05) is 30.3 Å². The summed E-state index contributed by atoms with van der Waals surface area (Å²) in [4.78, 5) is 27.0. The summed E-state index contributed by atoms with van der Waals surface area (Å²) in [7, 11) is 3.78. The Morgan fingerprint density at radius 2 is 1.69 bits per heavy atom. The number of carbonyl (C=O) groups excluding carboxylic acids is 2. The van der Waals surface area contributed by atoms with Gasteiger partial charge in [0.1, 0.15) is 18.1 Å². The molecule has 0 heterocycles. The Morgan fingerprint density at radius 1 is 1.03 bits per heavy atom. The molecule has 0 spiro atoms. The van der Waals surface area contributed by atoms with E-state index < -0.39 is 5.97 Å². The van der Waals surface area contributed by atoms with E-state index in [2.05, 4.69) is 5.32 Å². The normalized spacial score (nSPS) is 11.4. The molecule has 6 nitrogen and oxygen atoms in total. The van der Waals surface area contributed by atoms with Crippen molar-refractivity contribution < 1.29 is 19.1 Å². The van der Waals surface area contributed by atoms with E-state index in [1.165, 1.54) is 0 Å². The van der Waals surface area contributed by atoms with E-state index in [-0.39, 0.29) is 24.3 Å². The highest BCUT2D eigenvalue weighted by Gasteiger charge is 2.16. The number of amides is 1. The summed E-state index contributed by atoms with van der Waals surface area (Å²) in [6, 6.07) is 16.0. The molecule has 0 aliphatic carbocycles. The number of likely N-dealkylation sites (N-methyl/N-ethyl adjacent to an activating group) is 1. The first-order valence-corrected chi connectivity index (χ1v) is 9.52. The van der Waals surface area contributed by atoms with Gasteiger partial charge in [-0.05, 0) is 63.8 Å². The first kappa shape index (κ1) is 22.2. The largest absolute Gasteiger partial charge is 0.491 e. The average molecular weight is 396 g/mol. The van der Waals surface area contributed by atoms with Crippen LogP contribution >= 0.6 is 0 Å². The van der Waals surface area contributed by atoms with E-state index in [1.54, 1.807) is 30.3 Å². The van der Waals surface area contributed by atoms with Crippen molar-refractivity contribution in [3.05, 3.63) is 71.4 Å². The van der Waals surface area contributed by atoms with Gasteiger partial charge in [0.05, 0.1) is 6.10 Å². The van der Waals surface area contributed by atoms with Crippen molar-refractivity contribution >= 4 is 18.0 Å². The number of nitrogens with zero attached hydrogens (tertiary/aromatic N) is 1. The molecule has 0 aliphatic heterocycles. The zero-order valence-electron chi connectivity index (χ0n) is 17.3. The van der Waals surface area contributed by atoms with Crippen LogP contribution in [0.1, 0.15) is 29.8 Å². The van der Waals surface area contributed by atoms with Crippen molar-refractivity contribution in [1.82, 2.24) is 10.2 Å². The average Bonchev–Trinajstić information content (AvgIpc) is 2.68. The van der Waals surface area contributed by atoms with Crippen LogP contribution in [0.15, 0.2) is 60.3 Å². The molecular weight excluding hydrogens is 368 g/mol. The first-order chi connectivity index (χ1) is 13.8. The SMILES string of the molecule is CC(C)Oc1ccc(/C=C(/NC(=O)c2ccccc2)C(=O)OCCN(C)C)cc1. The van der Waals surface area contributed by atoms with Gasteiger partial charge in [-0.15, -0.1) is 0 Å². The monoisotopic (exact) mass is 396 g/mol. The lowest BCUT2D eigenvalue weighted by molar-refractivity contribution is -0.139. The second kappa shape index (κ2) is 11.0. The molecular formula is C23H28N2O4. The topological polar surface area (TPSA) is 67.9 Å². The highest BCUT2D eigenvalue weighted by molar-refractivity contribution is 6.03. The summed E-state index contributed by atoms with van der Waals surface area (Å²) in [5.74, 6) is -0.222. The maximum atomic E-state index is 12.6. The zero-order valence-corrected chi connectivity index (χ0v) is 17.3. The van der Waals surface area contributed by atoms with Gasteiger partial charge in [-0.25, -0.2) is 4.79 Å². The van der Waals surface area contributed by atoms with Crippen molar-refractivity contribution in [3.63, 3.8) is 0 Å². The number of carbonyl (C=O) groups is 2. The molecule has 1 amide bonds. The lowest BCUT2D eigenvalue weighted by Gasteiger charge is -2.13. The third-order valence-electron chi connectivity index (χ3n) is 3.84.